The van der Waals surface area contributed by atoms with Crippen molar-refractivity contribution in [1.82, 2.24) is 5.32 Å². The molecule has 0 atom stereocenters. The standard InChI is InChI=1S/C12H15N5O2/c1-8-10(12(18)19)6-9(7-11(8)15-16-13)17-4-2-14-3-5-17/h6-7,14H,2-5H2,1H3,(H,18,19). The molecule has 1 aliphatic heterocycles. The minimum absolute atomic E-state index is 0.179. The fourth-order valence-electron chi connectivity index (χ4n) is 2.16. The summed E-state index contributed by atoms with van der Waals surface area (Å²) in [5, 5.41) is 16.0. The van der Waals surface area contributed by atoms with Gasteiger partial charge in [-0.3, -0.25) is 0 Å². The zero-order valence-electron chi connectivity index (χ0n) is 10.6. The van der Waals surface area contributed by atoms with Crippen LogP contribution in [0.15, 0.2) is 17.2 Å². The Labute approximate surface area is 110 Å². The van der Waals surface area contributed by atoms with Gasteiger partial charge in [0.05, 0.1) is 5.56 Å². The maximum absolute atomic E-state index is 11.2. The van der Waals surface area contributed by atoms with Gasteiger partial charge < -0.3 is 15.3 Å². The summed E-state index contributed by atoms with van der Waals surface area (Å²) in [5.74, 6) is -1.01. The van der Waals surface area contributed by atoms with E-state index < -0.39 is 5.97 Å². The number of carboxylic acids is 1. The number of azide groups is 1. The van der Waals surface area contributed by atoms with Gasteiger partial charge in [-0.2, -0.15) is 0 Å². The van der Waals surface area contributed by atoms with Crippen LogP contribution in [-0.4, -0.2) is 37.3 Å². The van der Waals surface area contributed by atoms with Crippen LogP contribution in [0.2, 0.25) is 0 Å². The Bertz CT molecular complexity index is 522. The van der Waals surface area contributed by atoms with Crippen molar-refractivity contribution < 1.29 is 9.90 Å². The van der Waals surface area contributed by atoms with Gasteiger partial charge in [-0.1, -0.05) is 5.11 Å². The number of nitrogens with one attached hydrogen (secondary N) is 1. The zero-order valence-corrected chi connectivity index (χ0v) is 10.6. The van der Waals surface area contributed by atoms with E-state index in [0.717, 1.165) is 31.9 Å². The monoisotopic (exact) mass is 261 g/mol. The second-order valence-corrected chi connectivity index (χ2v) is 4.37. The molecule has 1 fully saturated rings. The third-order valence-electron chi connectivity index (χ3n) is 3.23. The number of carbonyl (C=O) groups is 1. The third kappa shape index (κ3) is 2.78. The summed E-state index contributed by atoms with van der Waals surface area (Å²) < 4.78 is 0. The number of hydrogen-bond donors (Lipinski definition) is 2. The van der Waals surface area contributed by atoms with Gasteiger partial charge in [0.25, 0.3) is 0 Å². The highest BCUT2D eigenvalue weighted by molar-refractivity contribution is 5.92. The molecule has 0 aliphatic carbocycles. The minimum Gasteiger partial charge on any atom is -0.478 e. The normalized spacial score (nSPS) is 14.9. The summed E-state index contributed by atoms with van der Waals surface area (Å²) in [6, 6.07) is 3.38. The van der Waals surface area contributed by atoms with Crippen molar-refractivity contribution in [3.63, 3.8) is 0 Å². The first-order valence-electron chi connectivity index (χ1n) is 6.02. The lowest BCUT2D eigenvalue weighted by Crippen LogP contribution is -2.43. The van der Waals surface area contributed by atoms with Crippen molar-refractivity contribution >= 4 is 17.3 Å². The highest BCUT2D eigenvalue weighted by atomic mass is 16.4. The van der Waals surface area contributed by atoms with Gasteiger partial charge in [-0.25, -0.2) is 4.79 Å². The molecule has 19 heavy (non-hydrogen) atoms. The first-order valence-corrected chi connectivity index (χ1v) is 6.02. The van der Waals surface area contributed by atoms with Crippen molar-refractivity contribution in [2.45, 2.75) is 6.92 Å². The van der Waals surface area contributed by atoms with E-state index in [4.69, 9.17) is 5.53 Å². The number of carboxylic acid groups (broad SMARTS) is 1. The van der Waals surface area contributed by atoms with Crippen LogP contribution in [0, 0.1) is 6.92 Å². The summed E-state index contributed by atoms with van der Waals surface area (Å²) in [6.45, 7) is 4.96. The highest BCUT2D eigenvalue weighted by Gasteiger charge is 2.17. The molecule has 7 heteroatoms. The van der Waals surface area contributed by atoms with E-state index >= 15 is 0 Å². The van der Waals surface area contributed by atoms with Gasteiger partial charge in [-0.05, 0) is 30.2 Å². The highest BCUT2D eigenvalue weighted by Crippen LogP contribution is 2.29. The quantitative estimate of drug-likeness (QED) is 0.494. The lowest BCUT2D eigenvalue weighted by atomic mass is 10.0. The number of rotatable bonds is 3. The molecule has 0 saturated carbocycles. The molecule has 0 unspecified atom stereocenters. The smallest absolute Gasteiger partial charge is 0.336 e. The van der Waals surface area contributed by atoms with E-state index in [1.54, 1.807) is 19.1 Å². The molecular formula is C12H15N5O2. The Kier molecular flexibility index (Phi) is 3.89. The average Bonchev–Trinajstić information content (AvgIpc) is 2.42. The van der Waals surface area contributed by atoms with Gasteiger partial charge >= 0.3 is 5.97 Å². The largest absolute Gasteiger partial charge is 0.478 e. The van der Waals surface area contributed by atoms with E-state index in [2.05, 4.69) is 20.2 Å². The third-order valence-corrected chi connectivity index (χ3v) is 3.23. The Morgan fingerprint density at radius 2 is 2.16 bits per heavy atom. The Balaban J connectivity index is 2.48. The van der Waals surface area contributed by atoms with E-state index in [1.807, 2.05) is 0 Å². The van der Waals surface area contributed by atoms with Gasteiger partial charge in [-0.15, -0.1) is 0 Å². The fourth-order valence-corrected chi connectivity index (χ4v) is 2.16. The number of anilines is 1. The second-order valence-electron chi connectivity index (χ2n) is 4.37. The van der Waals surface area contributed by atoms with E-state index in [-0.39, 0.29) is 5.56 Å². The van der Waals surface area contributed by atoms with Gasteiger partial charge in [0.1, 0.15) is 0 Å². The molecule has 2 rings (SSSR count). The van der Waals surface area contributed by atoms with Crippen molar-refractivity contribution in [2.75, 3.05) is 31.1 Å². The SMILES string of the molecule is Cc1c(N=[N+]=[N-])cc(N2CCNCC2)cc1C(=O)O. The molecule has 1 aromatic carbocycles. The molecule has 0 radical (unpaired) electrons. The summed E-state index contributed by atoms with van der Waals surface area (Å²) in [5.41, 5.74) is 10.4. The Hall–Kier alpha value is -2.24. The van der Waals surface area contributed by atoms with Gasteiger partial charge in [0.2, 0.25) is 0 Å². The molecule has 7 nitrogen and oxygen atoms in total. The van der Waals surface area contributed by atoms with Crippen LogP contribution >= 0.6 is 0 Å². The number of hydrogen-bond acceptors (Lipinski definition) is 4. The number of benzene rings is 1. The molecule has 1 saturated heterocycles. The summed E-state index contributed by atoms with van der Waals surface area (Å²) >= 11 is 0. The fraction of sp³-hybridized carbons (Fsp3) is 0.417. The van der Waals surface area contributed by atoms with Crippen molar-refractivity contribution in [3.05, 3.63) is 33.7 Å². The van der Waals surface area contributed by atoms with Crippen molar-refractivity contribution in [3.8, 4) is 0 Å². The predicted octanol–water partition coefficient (Wildman–Crippen LogP) is 2.04. The molecule has 1 heterocycles. The van der Waals surface area contributed by atoms with Gasteiger partial charge in [0, 0.05) is 42.5 Å². The molecule has 0 aromatic heterocycles. The molecule has 1 aliphatic rings. The van der Waals surface area contributed by atoms with E-state index in [1.165, 1.54) is 0 Å². The van der Waals surface area contributed by atoms with Crippen LogP contribution in [0.3, 0.4) is 0 Å². The number of aromatic carboxylic acids is 1. The minimum atomic E-state index is -1.01. The summed E-state index contributed by atoms with van der Waals surface area (Å²) in [4.78, 5) is 16.1. The Morgan fingerprint density at radius 1 is 1.47 bits per heavy atom. The molecule has 100 valence electrons. The molecule has 1 aromatic rings. The summed E-state index contributed by atoms with van der Waals surface area (Å²) in [7, 11) is 0. The van der Waals surface area contributed by atoms with Crippen LogP contribution in [0.1, 0.15) is 15.9 Å². The van der Waals surface area contributed by atoms with Crippen molar-refractivity contribution in [1.29, 1.82) is 0 Å². The second kappa shape index (κ2) is 5.60. The molecular weight excluding hydrogens is 246 g/mol. The first-order chi connectivity index (χ1) is 9.13. The van der Waals surface area contributed by atoms with Crippen LogP contribution in [0.4, 0.5) is 11.4 Å². The number of piperazine rings is 1. The molecule has 0 bridgehead atoms. The lowest BCUT2D eigenvalue weighted by Gasteiger charge is -2.30. The average molecular weight is 261 g/mol. The first kappa shape index (κ1) is 13.2. The predicted molar refractivity (Wildman–Crippen MR) is 72.0 cm³/mol. The number of nitrogens with zero attached hydrogens (tertiary/aromatic N) is 4. The van der Waals surface area contributed by atoms with Crippen LogP contribution < -0.4 is 10.2 Å². The topological polar surface area (TPSA) is 101 Å². The van der Waals surface area contributed by atoms with Crippen LogP contribution in [-0.2, 0) is 0 Å². The van der Waals surface area contributed by atoms with E-state index in [0.29, 0.717) is 11.3 Å². The lowest BCUT2D eigenvalue weighted by molar-refractivity contribution is 0.0696. The van der Waals surface area contributed by atoms with Crippen LogP contribution in [0.25, 0.3) is 10.4 Å². The molecule has 0 amide bonds. The zero-order chi connectivity index (χ0) is 13.8. The van der Waals surface area contributed by atoms with Gasteiger partial charge in [0.15, 0.2) is 0 Å². The molecule has 2 N–H and O–H groups in total. The summed E-state index contributed by atoms with van der Waals surface area (Å²) in [6.07, 6.45) is 0. The van der Waals surface area contributed by atoms with E-state index in [9.17, 15) is 9.90 Å². The maximum Gasteiger partial charge on any atom is 0.336 e. The maximum atomic E-state index is 11.2. The Morgan fingerprint density at radius 3 is 2.74 bits per heavy atom. The van der Waals surface area contributed by atoms with Crippen molar-refractivity contribution in [2.24, 2.45) is 5.11 Å². The van der Waals surface area contributed by atoms with Crippen LogP contribution in [0.5, 0.6) is 0 Å². The molecule has 0 spiro atoms.